The van der Waals surface area contributed by atoms with Crippen LogP contribution in [0.1, 0.15) is 25.7 Å². The fourth-order valence-electron chi connectivity index (χ4n) is 3.44. The highest BCUT2D eigenvalue weighted by Gasteiger charge is 2.51. The van der Waals surface area contributed by atoms with Gasteiger partial charge in [0.1, 0.15) is 11.4 Å². The monoisotopic (exact) mass is 230 g/mol. The Hall–Kier alpha value is -1.56. The number of fused-ring (bicyclic) bond motifs is 2. The molecular weight excluding hydrogens is 215 g/mol. The second kappa shape index (κ2) is 3.73. The van der Waals surface area contributed by atoms with Crippen molar-refractivity contribution in [1.82, 2.24) is 0 Å². The first-order chi connectivity index (χ1) is 8.22. The maximum Gasteiger partial charge on any atom is 0.128 e. The maximum atomic E-state index is 12.8. The Kier molecular flexibility index (Phi) is 2.32. The number of anilines is 1. The molecule has 2 fully saturated rings. The molecule has 3 unspecified atom stereocenters. The summed E-state index contributed by atoms with van der Waals surface area (Å²) in [6, 6.07) is 8.75. The van der Waals surface area contributed by atoms with E-state index in [9.17, 15) is 9.65 Å². The van der Waals surface area contributed by atoms with Crippen LogP contribution in [0.3, 0.4) is 0 Å². The quantitative estimate of drug-likeness (QED) is 0.846. The highest BCUT2D eigenvalue weighted by Crippen LogP contribution is 2.51. The average molecular weight is 230 g/mol. The molecule has 2 aliphatic rings. The third-order valence-electron chi connectivity index (χ3n) is 4.26. The van der Waals surface area contributed by atoms with Crippen molar-refractivity contribution in [3.63, 3.8) is 0 Å². The second-order valence-electron chi connectivity index (χ2n) is 5.30. The van der Waals surface area contributed by atoms with E-state index < -0.39 is 5.54 Å². The lowest BCUT2D eigenvalue weighted by Crippen LogP contribution is -2.41. The largest absolute Gasteiger partial charge is 0.367 e. The van der Waals surface area contributed by atoms with Crippen LogP contribution in [0.2, 0.25) is 0 Å². The van der Waals surface area contributed by atoms with E-state index in [2.05, 4.69) is 11.4 Å². The molecule has 3 rings (SSSR count). The summed E-state index contributed by atoms with van der Waals surface area (Å²) in [4.78, 5) is 0. The topological polar surface area (TPSA) is 35.8 Å². The van der Waals surface area contributed by atoms with Gasteiger partial charge >= 0.3 is 0 Å². The highest BCUT2D eigenvalue weighted by molar-refractivity contribution is 5.49. The number of hydrogen-bond acceptors (Lipinski definition) is 2. The van der Waals surface area contributed by atoms with Crippen LogP contribution in [-0.2, 0) is 0 Å². The van der Waals surface area contributed by atoms with Crippen molar-refractivity contribution in [3.8, 4) is 6.07 Å². The summed E-state index contributed by atoms with van der Waals surface area (Å²) in [6.07, 6.45) is 4.51. The number of halogens is 1. The number of nitrogens with one attached hydrogen (secondary N) is 1. The number of rotatable bonds is 2. The van der Waals surface area contributed by atoms with Crippen LogP contribution in [0.5, 0.6) is 0 Å². The Morgan fingerprint density at radius 3 is 2.59 bits per heavy atom. The first kappa shape index (κ1) is 10.6. The molecule has 88 valence electrons. The molecule has 2 saturated carbocycles. The Labute approximate surface area is 100 Å². The Balaban J connectivity index is 1.84. The van der Waals surface area contributed by atoms with Gasteiger partial charge in [0.05, 0.1) is 6.07 Å². The minimum absolute atomic E-state index is 0.241. The summed E-state index contributed by atoms with van der Waals surface area (Å²) in [7, 11) is 0. The predicted octanol–water partition coefficient (Wildman–Crippen LogP) is 3.32. The molecule has 0 radical (unpaired) electrons. The van der Waals surface area contributed by atoms with Gasteiger partial charge in [-0.2, -0.15) is 5.26 Å². The van der Waals surface area contributed by atoms with Crippen molar-refractivity contribution in [3.05, 3.63) is 30.1 Å². The van der Waals surface area contributed by atoms with Crippen LogP contribution in [0, 0.1) is 29.0 Å². The van der Waals surface area contributed by atoms with Gasteiger partial charge in [-0.3, -0.25) is 0 Å². The van der Waals surface area contributed by atoms with Gasteiger partial charge in [-0.1, -0.05) is 0 Å². The van der Waals surface area contributed by atoms with Gasteiger partial charge in [0.25, 0.3) is 0 Å². The molecule has 3 heteroatoms. The van der Waals surface area contributed by atoms with Crippen molar-refractivity contribution < 1.29 is 4.39 Å². The van der Waals surface area contributed by atoms with Crippen LogP contribution in [0.25, 0.3) is 0 Å². The molecule has 17 heavy (non-hydrogen) atoms. The number of nitriles is 1. The van der Waals surface area contributed by atoms with Gasteiger partial charge in [0.2, 0.25) is 0 Å². The average Bonchev–Trinajstić information content (AvgIpc) is 2.93. The first-order valence-electron chi connectivity index (χ1n) is 6.17. The lowest BCUT2D eigenvalue weighted by Gasteiger charge is -2.32. The number of nitrogens with zero attached hydrogens (tertiary/aromatic N) is 1. The molecule has 0 aromatic heterocycles. The summed E-state index contributed by atoms with van der Waals surface area (Å²) < 4.78 is 12.8. The molecule has 2 bridgehead atoms. The van der Waals surface area contributed by atoms with E-state index >= 15 is 0 Å². The lowest BCUT2D eigenvalue weighted by atomic mass is 9.82. The zero-order valence-corrected chi connectivity index (χ0v) is 9.62. The molecule has 2 aliphatic carbocycles. The molecule has 1 aromatic rings. The third kappa shape index (κ3) is 1.68. The molecule has 0 heterocycles. The van der Waals surface area contributed by atoms with E-state index in [0.29, 0.717) is 11.8 Å². The maximum absolute atomic E-state index is 12.8. The molecular formula is C14H15FN2. The van der Waals surface area contributed by atoms with Gasteiger partial charge < -0.3 is 5.32 Å². The minimum atomic E-state index is -0.416. The van der Waals surface area contributed by atoms with Crippen LogP contribution in [-0.4, -0.2) is 5.54 Å². The molecule has 2 nitrogen and oxygen atoms in total. The fourth-order valence-corrected chi connectivity index (χ4v) is 3.44. The van der Waals surface area contributed by atoms with Gasteiger partial charge in [-0.05, 0) is 61.8 Å². The molecule has 3 atom stereocenters. The van der Waals surface area contributed by atoms with Crippen LogP contribution in [0.15, 0.2) is 24.3 Å². The van der Waals surface area contributed by atoms with Gasteiger partial charge in [0.15, 0.2) is 0 Å². The smallest absolute Gasteiger partial charge is 0.128 e. The van der Waals surface area contributed by atoms with Crippen molar-refractivity contribution in [2.75, 3.05) is 5.32 Å². The van der Waals surface area contributed by atoms with Gasteiger partial charge in [-0.15, -0.1) is 0 Å². The number of hydrogen-bond donors (Lipinski definition) is 1. The Morgan fingerprint density at radius 2 is 2.06 bits per heavy atom. The summed E-state index contributed by atoms with van der Waals surface area (Å²) in [5.41, 5.74) is 0.432. The van der Waals surface area contributed by atoms with E-state index in [0.717, 1.165) is 18.5 Å². The van der Waals surface area contributed by atoms with E-state index in [1.165, 1.54) is 25.0 Å². The fraction of sp³-hybridized carbons (Fsp3) is 0.500. The van der Waals surface area contributed by atoms with Crippen LogP contribution < -0.4 is 5.32 Å². The number of benzene rings is 1. The molecule has 0 spiro atoms. The summed E-state index contributed by atoms with van der Waals surface area (Å²) in [5.74, 6) is 0.921. The van der Waals surface area contributed by atoms with Crippen LogP contribution >= 0.6 is 0 Å². The first-order valence-corrected chi connectivity index (χ1v) is 6.17. The van der Waals surface area contributed by atoms with Gasteiger partial charge in [-0.25, -0.2) is 4.39 Å². The van der Waals surface area contributed by atoms with Crippen molar-refractivity contribution in [1.29, 1.82) is 5.26 Å². The van der Waals surface area contributed by atoms with E-state index in [1.54, 1.807) is 12.1 Å². The summed E-state index contributed by atoms with van der Waals surface area (Å²) in [5, 5.41) is 12.8. The zero-order valence-electron chi connectivity index (χ0n) is 9.62. The van der Waals surface area contributed by atoms with Crippen molar-refractivity contribution in [2.45, 2.75) is 31.2 Å². The third-order valence-corrected chi connectivity index (χ3v) is 4.26. The molecule has 0 amide bonds. The normalized spacial score (nSPS) is 34.6. The SMILES string of the molecule is N#CC1(Nc2ccc(F)cc2)CC2CCC1C2. The summed E-state index contributed by atoms with van der Waals surface area (Å²) in [6.45, 7) is 0. The van der Waals surface area contributed by atoms with E-state index in [4.69, 9.17) is 0 Å². The standard InChI is InChI=1S/C14H15FN2/c15-12-3-5-13(6-4-12)17-14(9-16)8-10-1-2-11(14)7-10/h3-6,10-11,17H,1-2,7-8H2. The van der Waals surface area contributed by atoms with Crippen molar-refractivity contribution >= 4 is 5.69 Å². The molecule has 0 saturated heterocycles. The Morgan fingerprint density at radius 1 is 1.29 bits per heavy atom. The molecule has 1 N–H and O–H groups in total. The minimum Gasteiger partial charge on any atom is -0.367 e. The van der Waals surface area contributed by atoms with Crippen molar-refractivity contribution in [2.24, 2.45) is 11.8 Å². The van der Waals surface area contributed by atoms with Crippen LogP contribution in [0.4, 0.5) is 10.1 Å². The second-order valence-corrected chi connectivity index (χ2v) is 5.30. The zero-order chi connectivity index (χ0) is 11.9. The predicted molar refractivity (Wildman–Crippen MR) is 63.8 cm³/mol. The highest BCUT2D eigenvalue weighted by atomic mass is 19.1. The Bertz CT molecular complexity index is 462. The molecule has 1 aromatic carbocycles. The summed E-state index contributed by atoms with van der Waals surface area (Å²) >= 11 is 0. The van der Waals surface area contributed by atoms with Gasteiger partial charge in [0, 0.05) is 5.69 Å². The molecule has 0 aliphatic heterocycles. The van der Waals surface area contributed by atoms with E-state index in [1.807, 2.05) is 0 Å². The lowest BCUT2D eigenvalue weighted by molar-refractivity contribution is 0.368. The van der Waals surface area contributed by atoms with E-state index in [-0.39, 0.29) is 5.82 Å².